The molecule has 98 valence electrons. The number of carbonyl (C=O) groups excluding carboxylic acids is 1. The van der Waals surface area contributed by atoms with Crippen molar-refractivity contribution in [1.29, 1.82) is 0 Å². The fraction of sp³-hybridized carbons (Fsp3) is 0.929. The van der Waals surface area contributed by atoms with Crippen molar-refractivity contribution < 1.29 is 9.53 Å². The van der Waals surface area contributed by atoms with E-state index in [1.54, 1.807) is 0 Å². The molecule has 2 aliphatic rings. The monoisotopic (exact) mass is 239 g/mol. The molecule has 1 amide bonds. The average molecular weight is 239 g/mol. The highest BCUT2D eigenvalue weighted by atomic mass is 16.6. The first-order chi connectivity index (χ1) is 8.27. The van der Waals surface area contributed by atoms with Gasteiger partial charge in [0.25, 0.3) is 0 Å². The first-order valence-corrected chi connectivity index (χ1v) is 7.23. The van der Waals surface area contributed by atoms with Crippen molar-refractivity contribution in [3.05, 3.63) is 0 Å². The van der Waals surface area contributed by atoms with E-state index in [1.807, 2.05) is 0 Å². The largest absolute Gasteiger partial charge is 0.446 e. The minimum absolute atomic E-state index is 0.105. The summed E-state index contributed by atoms with van der Waals surface area (Å²) in [5.74, 6) is 1.14. The van der Waals surface area contributed by atoms with Crippen LogP contribution in [0.25, 0.3) is 0 Å². The van der Waals surface area contributed by atoms with Crippen LogP contribution in [0.2, 0.25) is 0 Å². The lowest BCUT2D eigenvalue weighted by Crippen LogP contribution is -2.37. The Morgan fingerprint density at radius 3 is 1.65 bits per heavy atom. The van der Waals surface area contributed by atoms with Crippen LogP contribution in [0.15, 0.2) is 0 Å². The maximum Gasteiger partial charge on any atom is 0.404 e. The molecule has 0 radical (unpaired) electrons. The Kier molecular flexibility index (Phi) is 4.69. The van der Waals surface area contributed by atoms with E-state index in [-0.39, 0.29) is 6.10 Å². The summed E-state index contributed by atoms with van der Waals surface area (Å²) in [6.45, 7) is 0. The van der Waals surface area contributed by atoms with Crippen LogP contribution in [0.1, 0.15) is 64.2 Å². The molecule has 2 N–H and O–H groups in total. The zero-order valence-corrected chi connectivity index (χ0v) is 10.7. The smallest absolute Gasteiger partial charge is 0.404 e. The quantitative estimate of drug-likeness (QED) is 0.818. The number of carbonyl (C=O) groups is 1. The summed E-state index contributed by atoms with van der Waals surface area (Å²) >= 11 is 0. The second kappa shape index (κ2) is 6.27. The number of amides is 1. The summed E-state index contributed by atoms with van der Waals surface area (Å²) in [6, 6.07) is 0. The van der Waals surface area contributed by atoms with Gasteiger partial charge in [-0.3, -0.25) is 0 Å². The van der Waals surface area contributed by atoms with Crippen LogP contribution in [-0.4, -0.2) is 12.2 Å². The molecule has 3 heteroatoms. The predicted octanol–water partition coefficient (Wildman–Crippen LogP) is 3.61. The third kappa shape index (κ3) is 3.62. The van der Waals surface area contributed by atoms with Crippen molar-refractivity contribution in [1.82, 2.24) is 0 Å². The van der Waals surface area contributed by atoms with Crippen LogP contribution in [-0.2, 0) is 4.74 Å². The molecule has 0 saturated heterocycles. The lowest BCUT2D eigenvalue weighted by molar-refractivity contribution is 0.00309. The normalized spacial score (nSPS) is 23.8. The van der Waals surface area contributed by atoms with Crippen molar-refractivity contribution in [2.45, 2.75) is 70.3 Å². The van der Waals surface area contributed by atoms with E-state index in [0.29, 0.717) is 11.8 Å². The Labute approximate surface area is 104 Å². The second-order valence-corrected chi connectivity index (χ2v) is 5.70. The molecule has 2 rings (SSSR count). The Balaban J connectivity index is 1.97. The number of rotatable bonds is 3. The Bertz CT molecular complexity index is 225. The van der Waals surface area contributed by atoms with Crippen LogP contribution in [0.4, 0.5) is 4.79 Å². The van der Waals surface area contributed by atoms with Crippen molar-refractivity contribution in [3.8, 4) is 0 Å². The predicted molar refractivity (Wildman–Crippen MR) is 67.6 cm³/mol. The van der Waals surface area contributed by atoms with Gasteiger partial charge in [0.05, 0.1) is 0 Å². The molecule has 2 saturated carbocycles. The van der Waals surface area contributed by atoms with Crippen LogP contribution < -0.4 is 5.73 Å². The van der Waals surface area contributed by atoms with Crippen molar-refractivity contribution in [2.24, 2.45) is 17.6 Å². The summed E-state index contributed by atoms with van der Waals surface area (Å²) in [5.41, 5.74) is 5.25. The summed E-state index contributed by atoms with van der Waals surface area (Å²) in [5, 5.41) is 0. The zero-order chi connectivity index (χ0) is 12.1. The van der Waals surface area contributed by atoms with Crippen LogP contribution in [0, 0.1) is 11.8 Å². The van der Waals surface area contributed by atoms with E-state index in [4.69, 9.17) is 10.5 Å². The van der Waals surface area contributed by atoms with E-state index in [9.17, 15) is 4.79 Å². The van der Waals surface area contributed by atoms with Crippen LogP contribution in [0.5, 0.6) is 0 Å². The molecule has 2 aliphatic carbocycles. The van der Waals surface area contributed by atoms with Gasteiger partial charge in [-0.25, -0.2) is 4.79 Å². The third-order valence-electron chi connectivity index (χ3n) is 4.48. The Hall–Kier alpha value is -0.730. The molecule has 0 aromatic carbocycles. The number of nitrogens with two attached hydrogens (primary N) is 1. The van der Waals surface area contributed by atoms with Crippen LogP contribution in [0.3, 0.4) is 0 Å². The molecule has 0 spiro atoms. The van der Waals surface area contributed by atoms with Gasteiger partial charge in [-0.1, -0.05) is 38.5 Å². The van der Waals surface area contributed by atoms with E-state index in [0.717, 1.165) is 0 Å². The van der Waals surface area contributed by atoms with Gasteiger partial charge in [0.15, 0.2) is 0 Å². The van der Waals surface area contributed by atoms with Gasteiger partial charge in [-0.05, 0) is 37.5 Å². The minimum Gasteiger partial charge on any atom is -0.446 e. The summed E-state index contributed by atoms with van der Waals surface area (Å²) < 4.78 is 5.47. The van der Waals surface area contributed by atoms with Gasteiger partial charge < -0.3 is 10.5 Å². The average Bonchev–Trinajstić information content (AvgIpc) is 2.38. The molecule has 0 aromatic rings. The molecule has 3 nitrogen and oxygen atoms in total. The summed E-state index contributed by atoms with van der Waals surface area (Å²) in [4.78, 5) is 11.1. The van der Waals surface area contributed by atoms with Gasteiger partial charge >= 0.3 is 6.09 Å². The van der Waals surface area contributed by atoms with Crippen LogP contribution >= 0.6 is 0 Å². The minimum atomic E-state index is -0.578. The Morgan fingerprint density at radius 2 is 1.29 bits per heavy atom. The maximum absolute atomic E-state index is 11.1. The number of primary amides is 1. The summed E-state index contributed by atoms with van der Waals surface area (Å²) in [7, 11) is 0. The van der Waals surface area contributed by atoms with Gasteiger partial charge in [-0.15, -0.1) is 0 Å². The Morgan fingerprint density at radius 1 is 0.882 bits per heavy atom. The molecule has 17 heavy (non-hydrogen) atoms. The lowest BCUT2D eigenvalue weighted by Gasteiger charge is -2.36. The molecule has 0 unspecified atom stereocenters. The molecular formula is C14H25NO2. The highest BCUT2D eigenvalue weighted by Gasteiger charge is 2.33. The summed E-state index contributed by atoms with van der Waals surface area (Å²) in [6.07, 6.45) is 12.2. The van der Waals surface area contributed by atoms with Gasteiger partial charge in [0.1, 0.15) is 6.10 Å². The molecule has 0 atom stereocenters. The molecule has 0 heterocycles. The number of hydrogen-bond donors (Lipinski definition) is 1. The van der Waals surface area contributed by atoms with Crippen molar-refractivity contribution in [3.63, 3.8) is 0 Å². The van der Waals surface area contributed by atoms with Gasteiger partial charge in [-0.2, -0.15) is 0 Å². The first kappa shape index (κ1) is 12.7. The van der Waals surface area contributed by atoms with Crippen molar-refractivity contribution >= 4 is 6.09 Å². The fourth-order valence-electron chi connectivity index (χ4n) is 3.64. The standard InChI is InChI=1S/C14H25NO2/c15-14(16)17-13(11-7-3-1-4-8-11)12-9-5-2-6-10-12/h11-13H,1-10H2,(H2,15,16). The zero-order valence-electron chi connectivity index (χ0n) is 10.7. The molecule has 0 aliphatic heterocycles. The van der Waals surface area contributed by atoms with E-state index < -0.39 is 6.09 Å². The number of ether oxygens (including phenoxy) is 1. The SMILES string of the molecule is NC(=O)OC(C1CCCCC1)C1CCCCC1. The molecule has 2 fully saturated rings. The number of hydrogen-bond acceptors (Lipinski definition) is 2. The molecular weight excluding hydrogens is 214 g/mol. The third-order valence-corrected chi connectivity index (χ3v) is 4.48. The van der Waals surface area contributed by atoms with Gasteiger partial charge in [0, 0.05) is 0 Å². The second-order valence-electron chi connectivity index (χ2n) is 5.70. The van der Waals surface area contributed by atoms with Crippen molar-refractivity contribution in [2.75, 3.05) is 0 Å². The topological polar surface area (TPSA) is 52.3 Å². The highest BCUT2D eigenvalue weighted by molar-refractivity contribution is 5.64. The van der Waals surface area contributed by atoms with E-state index in [2.05, 4.69) is 0 Å². The first-order valence-electron chi connectivity index (χ1n) is 7.23. The fourth-order valence-corrected chi connectivity index (χ4v) is 3.64. The van der Waals surface area contributed by atoms with E-state index in [1.165, 1.54) is 64.2 Å². The van der Waals surface area contributed by atoms with Gasteiger partial charge in [0.2, 0.25) is 0 Å². The maximum atomic E-state index is 11.1. The molecule has 0 bridgehead atoms. The van der Waals surface area contributed by atoms with E-state index >= 15 is 0 Å². The lowest BCUT2D eigenvalue weighted by atomic mass is 9.75. The molecule has 0 aromatic heterocycles. The highest BCUT2D eigenvalue weighted by Crippen LogP contribution is 2.37.